The molecule has 0 aromatic heterocycles. The Bertz CT molecular complexity index is 888. The normalized spacial score (nSPS) is 19.7. The lowest BCUT2D eigenvalue weighted by atomic mass is 9.77. The highest BCUT2D eigenvalue weighted by Crippen LogP contribution is 2.45. The average Bonchev–Trinajstić information content (AvgIpc) is 2.66. The van der Waals surface area contributed by atoms with Crippen LogP contribution in [0.3, 0.4) is 0 Å². The fourth-order valence-corrected chi connectivity index (χ4v) is 3.48. The molecule has 1 heterocycles. The maximum Gasteiger partial charge on any atom is 0.416 e. The van der Waals surface area contributed by atoms with Crippen LogP contribution in [0.25, 0.3) is 0 Å². The van der Waals surface area contributed by atoms with Gasteiger partial charge in [-0.1, -0.05) is 18.2 Å². The molecule has 0 bridgehead atoms. The minimum Gasteiger partial charge on any atom is -0.460 e. The molecule has 156 valence electrons. The number of alkyl halides is 3. The van der Waals surface area contributed by atoms with E-state index in [1.807, 2.05) is 0 Å². The quantitative estimate of drug-likeness (QED) is 0.592. The molecule has 0 fully saturated rings. The van der Waals surface area contributed by atoms with Gasteiger partial charge < -0.3 is 19.9 Å². The van der Waals surface area contributed by atoms with E-state index in [1.165, 1.54) is 19.2 Å². The monoisotopic (exact) mass is 411 g/mol. The molecular weight excluding hydrogens is 391 g/mol. The number of Topliss-reactive ketones (excluding diaryl/α,β-unsaturated/α-hetero) is 1. The molecule has 1 atom stereocenters. The van der Waals surface area contributed by atoms with Crippen molar-refractivity contribution in [1.29, 1.82) is 0 Å². The number of ketones is 1. The standard InChI is InChI=1S/C20H20F3NO5/c1-27-8-9-28-19(26)17-15(11-4-2-5-12(10-11)20(21,22)23)16-13(25)6-3-7-14(16)29-18(17)24/h2,4-5,10,15H,3,6-9,24H2,1H3/t15-/m1/s1. The number of esters is 1. The van der Waals surface area contributed by atoms with Crippen molar-refractivity contribution in [2.75, 3.05) is 20.3 Å². The number of hydrogen-bond acceptors (Lipinski definition) is 6. The molecule has 3 rings (SSSR count). The third-order valence-corrected chi connectivity index (χ3v) is 4.77. The largest absolute Gasteiger partial charge is 0.460 e. The topological polar surface area (TPSA) is 87.8 Å². The zero-order valence-corrected chi connectivity index (χ0v) is 15.7. The van der Waals surface area contributed by atoms with Crippen LogP contribution in [0.2, 0.25) is 0 Å². The summed E-state index contributed by atoms with van der Waals surface area (Å²) in [6.07, 6.45) is -3.43. The second kappa shape index (κ2) is 8.28. The van der Waals surface area contributed by atoms with Crippen LogP contribution in [0.5, 0.6) is 0 Å². The third-order valence-electron chi connectivity index (χ3n) is 4.77. The lowest BCUT2D eigenvalue weighted by molar-refractivity contribution is -0.141. The molecule has 1 aliphatic heterocycles. The van der Waals surface area contributed by atoms with Crippen LogP contribution in [0, 0.1) is 0 Å². The molecule has 1 aromatic carbocycles. The van der Waals surface area contributed by atoms with Crippen molar-refractivity contribution in [3.8, 4) is 0 Å². The zero-order valence-electron chi connectivity index (χ0n) is 15.7. The third kappa shape index (κ3) is 4.29. The highest BCUT2D eigenvalue weighted by molar-refractivity contribution is 6.03. The predicted molar refractivity (Wildman–Crippen MR) is 95.2 cm³/mol. The lowest BCUT2D eigenvalue weighted by Gasteiger charge is -2.32. The van der Waals surface area contributed by atoms with E-state index >= 15 is 0 Å². The Labute approximate surface area is 165 Å². The summed E-state index contributed by atoms with van der Waals surface area (Å²) >= 11 is 0. The van der Waals surface area contributed by atoms with Crippen LogP contribution >= 0.6 is 0 Å². The van der Waals surface area contributed by atoms with Crippen LogP contribution < -0.4 is 5.73 Å². The van der Waals surface area contributed by atoms with E-state index < -0.39 is 23.6 Å². The van der Waals surface area contributed by atoms with Gasteiger partial charge in [0.15, 0.2) is 5.78 Å². The molecule has 0 radical (unpaired) electrons. The number of carbonyl (C=O) groups excluding carboxylic acids is 2. The van der Waals surface area contributed by atoms with Crippen LogP contribution in [0.1, 0.15) is 36.3 Å². The van der Waals surface area contributed by atoms with Gasteiger partial charge in [0.05, 0.1) is 18.1 Å². The smallest absolute Gasteiger partial charge is 0.416 e. The highest BCUT2D eigenvalue weighted by Gasteiger charge is 2.42. The number of allylic oxidation sites excluding steroid dienone is 2. The summed E-state index contributed by atoms with van der Waals surface area (Å²) in [7, 11) is 1.43. The summed E-state index contributed by atoms with van der Waals surface area (Å²) in [4.78, 5) is 25.3. The second-order valence-corrected chi connectivity index (χ2v) is 6.68. The van der Waals surface area contributed by atoms with Crippen molar-refractivity contribution < 1.29 is 37.0 Å². The maximum atomic E-state index is 13.2. The maximum absolute atomic E-state index is 13.2. The summed E-state index contributed by atoms with van der Waals surface area (Å²) in [5.41, 5.74) is 5.14. The van der Waals surface area contributed by atoms with Crippen molar-refractivity contribution >= 4 is 11.8 Å². The Morgan fingerprint density at radius 3 is 2.72 bits per heavy atom. The minimum absolute atomic E-state index is 0.0821. The molecule has 2 N–H and O–H groups in total. The number of hydrogen-bond donors (Lipinski definition) is 1. The number of carbonyl (C=O) groups is 2. The summed E-state index contributed by atoms with van der Waals surface area (Å²) in [6.45, 7) is 0.0438. The van der Waals surface area contributed by atoms with Gasteiger partial charge in [-0.2, -0.15) is 13.2 Å². The molecule has 1 aromatic rings. The van der Waals surface area contributed by atoms with Crippen LogP contribution in [-0.4, -0.2) is 32.1 Å². The van der Waals surface area contributed by atoms with E-state index in [0.29, 0.717) is 12.8 Å². The van der Waals surface area contributed by atoms with Crippen molar-refractivity contribution in [3.05, 3.63) is 58.2 Å². The van der Waals surface area contributed by atoms with Crippen LogP contribution in [0.4, 0.5) is 13.2 Å². The average molecular weight is 411 g/mol. The number of nitrogens with two attached hydrogens (primary N) is 1. The van der Waals surface area contributed by atoms with E-state index in [9.17, 15) is 22.8 Å². The molecule has 0 saturated heterocycles. The van der Waals surface area contributed by atoms with E-state index in [1.54, 1.807) is 0 Å². The van der Waals surface area contributed by atoms with Gasteiger partial charge in [-0.05, 0) is 18.1 Å². The molecule has 2 aliphatic rings. The Kier molecular flexibility index (Phi) is 5.97. The van der Waals surface area contributed by atoms with Crippen molar-refractivity contribution in [2.45, 2.75) is 31.4 Å². The van der Waals surface area contributed by atoms with Gasteiger partial charge in [-0.25, -0.2) is 4.79 Å². The van der Waals surface area contributed by atoms with Crippen molar-refractivity contribution in [1.82, 2.24) is 0 Å². The van der Waals surface area contributed by atoms with Gasteiger partial charge in [-0.15, -0.1) is 0 Å². The van der Waals surface area contributed by atoms with E-state index in [0.717, 1.165) is 12.1 Å². The van der Waals surface area contributed by atoms with Crippen molar-refractivity contribution in [3.63, 3.8) is 0 Å². The van der Waals surface area contributed by atoms with Crippen molar-refractivity contribution in [2.24, 2.45) is 5.73 Å². The molecule has 0 amide bonds. The first kappa shape index (κ1) is 20.9. The fourth-order valence-electron chi connectivity index (χ4n) is 3.48. The number of methoxy groups -OCH3 is 1. The first-order valence-electron chi connectivity index (χ1n) is 9.01. The number of halogens is 3. The van der Waals surface area contributed by atoms with Gasteiger partial charge in [0.25, 0.3) is 0 Å². The molecule has 0 unspecified atom stereocenters. The zero-order chi connectivity index (χ0) is 21.2. The Hall–Kier alpha value is -2.81. The lowest BCUT2D eigenvalue weighted by Crippen LogP contribution is -2.32. The molecule has 0 spiro atoms. The van der Waals surface area contributed by atoms with E-state index in [2.05, 4.69) is 0 Å². The molecule has 1 aliphatic carbocycles. The van der Waals surface area contributed by atoms with E-state index in [-0.39, 0.29) is 53.8 Å². The Balaban J connectivity index is 2.10. The fraction of sp³-hybridized carbons (Fsp3) is 0.400. The number of benzene rings is 1. The van der Waals surface area contributed by atoms with Crippen LogP contribution in [0.15, 0.2) is 47.1 Å². The molecule has 0 saturated carbocycles. The van der Waals surface area contributed by atoms with Gasteiger partial charge in [-0.3, -0.25) is 4.79 Å². The summed E-state index contributed by atoms with van der Waals surface area (Å²) < 4.78 is 55.2. The highest BCUT2D eigenvalue weighted by atomic mass is 19.4. The summed E-state index contributed by atoms with van der Waals surface area (Å²) in [6, 6.07) is 4.49. The molecule has 6 nitrogen and oxygen atoms in total. The Morgan fingerprint density at radius 1 is 1.28 bits per heavy atom. The predicted octanol–water partition coefficient (Wildman–Crippen LogP) is 3.19. The van der Waals surface area contributed by atoms with Gasteiger partial charge >= 0.3 is 12.1 Å². The SMILES string of the molecule is COCCOC(=O)C1=C(N)OC2=C(C(=O)CCC2)[C@H]1c1cccc(C(F)(F)F)c1. The molecule has 29 heavy (non-hydrogen) atoms. The Morgan fingerprint density at radius 2 is 2.03 bits per heavy atom. The van der Waals surface area contributed by atoms with E-state index in [4.69, 9.17) is 19.9 Å². The van der Waals surface area contributed by atoms with Gasteiger partial charge in [0.1, 0.15) is 17.9 Å². The second-order valence-electron chi connectivity index (χ2n) is 6.68. The van der Waals surface area contributed by atoms with Gasteiger partial charge in [0.2, 0.25) is 5.88 Å². The number of rotatable bonds is 5. The molecular formula is C20H20F3NO5. The molecule has 9 heteroatoms. The summed E-state index contributed by atoms with van der Waals surface area (Å²) in [5, 5.41) is 0. The number of ether oxygens (including phenoxy) is 3. The van der Waals surface area contributed by atoms with Gasteiger partial charge in [0, 0.05) is 25.5 Å². The minimum atomic E-state index is -4.58. The summed E-state index contributed by atoms with van der Waals surface area (Å²) in [5.74, 6) is -2.24. The van der Waals surface area contributed by atoms with Crippen LogP contribution in [-0.2, 0) is 30.0 Å². The first-order valence-corrected chi connectivity index (χ1v) is 9.01. The first-order chi connectivity index (χ1) is 13.7.